The van der Waals surface area contributed by atoms with Crippen LogP contribution < -0.4 is 0 Å². The van der Waals surface area contributed by atoms with E-state index in [1.807, 2.05) is 30.3 Å². The number of nitrogens with zero attached hydrogens (tertiary/aromatic N) is 2. The Morgan fingerprint density at radius 3 is 2.48 bits per heavy atom. The summed E-state index contributed by atoms with van der Waals surface area (Å²) in [6.45, 7) is 6.48. The predicted octanol–water partition coefficient (Wildman–Crippen LogP) is 3.84. The molecule has 112 valence electrons. The first-order valence-electron chi connectivity index (χ1n) is 6.78. The van der Waals surface area contributed by atoms with Crippen LogP contribution in [-0.2, 0) is 4.79 Å². The molecular weight excluding hydrogens is 324 g/mol. The van der Waals surface area contributed by atoms with Gasteiger partial charge in [-0.3, -0.25) is 14.6 Å². The number of rotatable bonds is 5. The van der Waals surface area contributed by atoms with Gasteiger partial charge in [0.25, 0.3) is 5.91 Å². The van der Waals surface area contributed by atoms with Crippen molar-refractivity contribution < 1.29 is 4.79 Å². The molecule has 1 heterocycles. The second-order valence-electron chi connectivity index (χ2n) is 4.61. The largest absolute Gasteiger partial charge is 0.286 e. The highest BCUT2D eigenvalue weighted by Gasteiger charge is 2.32. The molecule has 0 N–H and O–H groups in total. The van der Waals surface area contributed by atoms with Gasteiger partial charge in [0.05, 0.1) is 11.6 Å². The van der Waals surface area contributed by atoms with Gasteiger partial charge in [-0.05, 0) is 36.9 Å². The van der Waals surface area contributed by atoms with Gasteiger partial charge in [0.1, 0.15) is 4.32 Å². The zero-order chi connectivity index (χ0) is 15.4. The summed E-state index contributed by atoms with van der Waals surface area (Å²) in [5, 5.41) is 0.682. The van der Waals surface area contributed by atoms with Crippen molar-refractivity contribution in [3.05, 3.63) is 39.8 Å². The Morgan fingerprint density at radius 2 is 1.90 bits per heavy atom. The Hall–Kier alpha value is -0.880. The smallest absolute Gasteiger partial charge is 0.267 e. The quantitative estimate of drug-likeness (QED) is 0.600. The number of hydrogen-bond donors (Lipinski definition) is 0. The number of amides is 1. The molecule has 2 rings (SSSR count). The van der Waals surface area contributed by atoms with E-state index >= 15 is 0 Å². The van der Waals surface area contributed by atoms with E-state index in [1.54, 1.807) is 4.90 Å². The molecule has 0 aliphatic carbocycles. The molecule has 1 amide bonds. The molecule has 0 bridgehead atoms. The average Bonchev–Trinajstić information content (AvgIpc) is 2.74. The lowest BCUT2D eigenvalue weighted by atomic mass is 10.2. The minimum absolute atomic E-state index is 0.0214. The first-order valence-corrected chi connectivity index (χ1v) is 8.38. The highest BCUT2D eigenvalue weighted by molar-refractivity contribution is 8.26. The third kappa shape index (κ3) is 4.07. The van der Waals surface area contributed by atoms with Crippen LogP contribution in [0.1, 0.15) is 19.4 Å². The van der Waals surface area contributed by atoms with Crippen LogP contribution in [0.2, 0.25) is 5.02 Å². The number of carbonyl (C=O) groups is 1. The van der Waals surface area contributed by atoms with Crippen LogP contribution in [0.25, 0.3) is 6.08 Å². The summed E-state index contributed by atoms with van der Waals surface area (Å²) >= 11 is 12.5. The molecule has 6 heteroatoms. The van der Waals surface area contributed by atoms with Gasteiger partial charge < -0.3 is 0 Å². The van der Waals surface area contributed by atoms with E-state index < -0.39 is 0 Å². The van der Waals surface area contributed by atoms with E-state index in [4.69, 9.17) is 23.8 Å². The second-order valence-corrected chi connectivity index (χ2v) is 6.72. The third-order valence-electron chi connectivity index (χ3n) is 3.28. The van der Waals surface area contributed by atoms with Crippen molar-refractivity contribution in [2.75, 3.05) is 19.8 Å². The molecule has 1 fully saturated rings. The van der Waals surface area contributed by atoms with Crippen molar-refractivity contribution in [1.82, 2.24) is 9.80 Å². The summed E-state index contributed by atoms with van der Waals surface area (Å²) in [5.74, 6) is -0.0214. The van der Waals surface area contributed by atoms with Gasteiger partial charge in [0.2, 0.25) is 0 Å². The number of carbonyl (C=O) groups excluding carboxylic acids is 1. The SMILES string of the molecule is CCN(CC)CN1C(=O)/C(=C/c2ccc(Cl)cc2)SC1=S. The lowest BCUT2D eigenvalue weighted by Crippen LogP contribution is -2.40. The normalized spacial score (nSPS) is 17.3. The van der Waals surface area contributed by atoms with Crippen molar-refractivity contribution >= 4 is 51.9 Å². The number of halogens is 1. The Kier molecular flexibility index (Phi) is 5.81. The summed E-state index contributed by atoms with van der Waals surface area (Å²) in [4.78, 5) is 16.9. The molecule has 1 aromatic carbocycles. The van der Waals surface area contributed by atoms with Gasteiger partial charge in [-0.25, -0.2) is 0 Å². The molecule has 0 radical (unpaired) electrons. The van der Waals surface area contributed by atoms with E-state index in [2.05, 4.69) is 18.7 Å². The Morgan fingerprint density at radius 1 is 1.29 bits per heavy atom. The van der Waals surface area contributed by atoms with Gasteiger partial charge in [-0.2, -0.15) is 0 Å². The summed E-state index contributed by atoms with van der Waals surface area (Å²) < 4.78 is 0.618. The molecule has 21 heavy (non-hydrogen) atoms. The highest BCUT2D eigenvalue weighted by Crippen LogP contribution is 2.32. The van der Waals surface area contributed by atoms with Crippen LogP contribution in [-0.4, -0.2) is 39.8 Å². The maximum atomic E-state index is 12.5. The molecule has 1 aliphatic rings. The van der Waals surface area contributed by atoms with Gasteiger partial charge in [-0.1, -0.05) is 61.6 Å². The Labute approximate surface area is 139 Å². The highest BCUT2D eigenvalue weighted by atomic mass is 35.5. The topological polar surface area (TPSA) is 23.6 Å². The molecule has 0 atom stereocenters. The van der Waals surface area contributed by atoms with Gasteiger partial charge >= 0.3 is 0 Å². The van der Waals surface area contributed by atoms with Crippen LogP contribution in [0.5, 0.6) is 0 Å². The average molecular weight is 341 g/mol. The van der Waals surface area contributed by atoms with Crippen molar-refractivity contribution in [1.29, 1.82) is 0 Å². The first kappa shape index (κ1) is 16.5. The van der Waals surface area contributed by atoms with Crippen molar-refractivity contribution in [3.8, 4) is 0 Å². The molecule has 1 aromatic rings. The molecule has 0 saturated carbocycles. The molecule has 0 aromatic heterocycles. The summed E-state index contributed by atoms with van der Waals surface area (Å²) in [5.41, 5.74) is 0.947. The first-order chi connectivity index (χ1) is 10.0. The van der Waals surface area contributed by atoms with Crippen molar-refractivity contribution in [3.63, 3.8) is 0 Å². The maximum absolute atomic E-state index is 12.5. The number of hydrogen-bond acceptors (Lipinski definition) is 4. The molecule has 3 nitrogen and oxygen atoms in total. The van der Waals surface area contributed by atoms with E-state index in [-0.39, 0.29) is 5.91 Å². The lowest BCUT2D eigenvalue weighted by Gasteiger charge is -2.24. The molecular formula is C15H17ClN2OS2. The van der Waals surface area contributed by atoms with Crippen LogP contribution in [0.4, 0.5) is 0 Å². The Bertz CT molecular complexity index is 568. The zero-order valence-electron chi connectivity index (χ0n) is 12.0. The van der Waals surface area contributed by atoms with Crippen LogP contribution >= 0.6 is 35.6 Å². The van der Waals surface area contributed by atoms with Crippen LogP contribution in [0, 0.1) is 0 Å². The fourth-order valence-corrected chi connectivity index (χ4v) is 3.32. The number of thioether (sulfide) groups is 1. The van der Waals surface area contributed by atoms with E-state index in [1.165, 1.54) is 11.8 Å². The standard InChI is InChI=1S/C15H17ClN2OS2/c1-3-17(4-2)10-18-14(19)13(21-15(18)20)9-11-5-7-12(16)8-6-11/h5-9H,3-4,10H2,1-2H3/b13-9-. The van der Waals surface area contributed by atoms with Gasteiger partial charge in [0.15, 0.2) is 0 Å². The third-order valence-corrected chi connectivity index (χ3v) is 4.91. The zero-order valence-corrected chi connectivity index (χ0v) is 14.4. The Balaban J connectivity index is 2.15. The second kappa shape index (κ2) is 7.40. The predicted molar refractivity (Wildman–Crippen MR) is 94.3 cm³/mol. The van der Waals surface area contributed by atoms with E-state index in [0.29, 0.717) is 20.9 Å². The van der Waals surface area contributed by atoms with E-state index in [9.17, 15) is 4.79 Å². The van der Waals surface area contributed by atoms with Gasteiger partial charge in [-0.15, -0.1) is 0 Å². The summed E-state index contributed by atoms with van der Waals surface area (Å²) in [6, 6.07) is 7.40. The van der Waals surface area contributed by atoms with Crippen molar-refractivity contribution in [2.24, 2.45) is 0 Å². The fraction of sp³-hybridized carbons (Fsp3) is 0.333. The number of benzene rings is 1. The fourth-order valence-electron chi connectivity index (χ4n) is 1.96. The van der Waals surface area contributed by atoms with Gasteiger partial charge in [0, 0.05) is 5.02 Å². The lowest BCUT2D eigenvalue weighted by molar-refractivity contribution is -0.123. The van der Waals surface area contributed by atoms with Crippen molar-refractivity contribution in [2.45, 2.75) is 13.8 Å². The summed E-state index contributed by atoms with van der Waals surface area (Å²) in [7, 11) is 0. The molecule has 0 spiro atoms. The van der Waals surface area contributed by atoms with Crippen LogP contribution in [0.3, 0.4) is 0 Å². The summed E-state index contributed by atoms with van der Waals surface area (Å²) in [6.07, 6.45) is 1.86. The molecule has 0 unspecified atom stereocenters. The van der Waals surface area contributed by atoms with Crippen LogP contribution in [0.15, 0.2) is 29.2 Å². The minimum atomic E-state index is -0.0214. The molecule has 1 aliphatic heterocycles. The minimum Gasteiger partial charge on any atom is -0.286 e. The van der Waals surface area contributed by atoms with E-state index in [0.717, 1.165) is 18.7 Å². The maximum Gasteiger partial charge on any atom is 0.267 e. The monoisotopic (exact) mass is 340 g/mol. The number of thiocarbonyl (C=S) groups is 1. The molecule has 1 saturated heterocycles.